The summed E-state index contributed by atoms with van der Waals surface area (Å²) >= 11 is 11.8. The minimum atomic E-state index is -3.93. The number of hydrogen-bond donors (Lipinski definition) is 1. The van der Waals surface area contributed by atoms with Crippen molar-refractivity contribution in [3.8, 4) is 0 Å². The van der Waals surface area contributed by atoms with Gasteiger partial charge in [0, 0.05) is 20.6 Å². The van der Waals surface area contributed by atoms with Gasteiger partial charge in [-0.3, -0.25) is 4.79 Å². The highest BCUT2D eigenvalue weighted by Crippen LogP contribution is 2.34. The van der Waals surface area contributed by atoms with E-state index in [4.69, 9.17) is 28.9 Å². The second kappa shape index (κ2) is 6.83. The van der Waals surface area contributed by atoms with E-state index in [2.05, 4.69) is 0 Å². The fourth-order valence-electron chi connectivity index (χ4n) is 1.55. The number of carbonyl (C=O) groups is 1. The Morgan fingerprint density at radius 3 is 2.33 bits per heavy atom. The van der Waals surface area contributed by atoms with Crippen molar-refractivity contribution in [3.63, 3.8) is 0 Å². The lowest BCUT2D eigenvalue weighted by Crippen LogP contribution is -2.40. The summed E-state index contributed by atoms with van der Waals surface area (Å²) in [6.45, 7) is 1.49. The molecular formula is C12H17Cl2N3O3S. The Labute approximate surface area is 134 Å². The van der Waals surface area contributed by atoms with Gasteiger partial charge in [-0.15, -0.1) is 0 Å². The van der Waals surface area contributed by atoms with Gasteiger partial charge in [0.1, 0.15) is 4.90 Å². The molecule has 6 nitrogen and oxygen atoms in total. The predicted octanol–water partition coefficient (Wildman–Crippen LogP) is 1.67. The maximum Gasteiger partial charge on any atom is 0.245 e. The standard InChI is InChI=1S/C12H17Cl2N3O3S/c1-4-17(7-10(18)16(2)3)21(19,20)9-6-5-8(13)12(15)11(9)14/h5-6H,4,7,15H2,1-3H3. The molecule has 0 atom stereocenters. The van der Waals surface area contributed by atoms with Gasteiger partial charge in [-0.05, 0) is 12.1 Å². The molecule has 0 aliphatic rings. The van der Waals surface area contributed by atoms with Crippen molar-refractivity contribution in [1.29, 1.82) is 0 Å². The molecule has 0 fully saturated rings. The highest BCUT2D eigenvalue weighted by Gasteiger charge is 2.29. The van der Waals surface area contributed by atoms with E-state index in [1.54, 1.807) is 21.0 Å². The maximum atomic E-state index is 12.6. The number of carbonyl (C=O) groups excluding carboxylic acids is 1. The van der Waals surface area contributed by atoms with Crippen LogP contribution in [0.25, 0.3) is 0 Å². The maximum absolute atomic E-state index is 12.6. The molecule has 1 amide bonds. The van der Waals surface area contributed by atoms with Gasteiger partial charge < -0.3 is 10.6 Å². The minimum Gasteiger partial charge on any atom is -0.396 e. The van der Waals surface area contributed by atoms with Gasteiger partial charge in [0.25, 0.3) is 0 Å². The molecule has 0 aromatic heterocycles. The van der Waals surface area contributed by atoms with Crippen LogP contribution in [0.5, 0.6) is 0 Å². The van der Waals surface area contributed by atoms with Crippen molar-refractivity contribution < 1.29 is 13.2 Å². The van der Waals surface area contributed by atoms with Gasteiger partial charge >= 0.3 is 0 Å². The van der Waals surface area contributed by atoms with Crippen LogP contribution >= 0.6 is 23.2 Å². The van der Waals surface area contributed by atoms with Crippen LogP contribution < -0.4 is 5.73 Å². The van der Waals surface area contributed by atoms with Crippen molar-refractivity contribution in [2.45, 2.75) is 11.8 Å². The number of hydrogen-bond acceptors (Lipinski definition) is 4. The van der Waals surface area contributed by atoms with Gasteiger partial charge in [0.05, 0.1) is 22.3 Å². The van der Waals surface area contributed by atoms with Crippen molar-refractivity contribution in [1.82, 2.24) is 9.21 Å². The summed E-state index contributed by atoms with van der Waals surface area (Å²) in [4.78, 5) is 12.9. The Balaban J connectivity index is 3.26. The Hall–Kier alpha value is -1.02. The van der Waals surface area contributed by atoms with Gasteiger partial charge in [-0.25, -0.2) is 8.42 Å². The average molecular weight is 354 g/mol. The van der Waals surface area contributed by atoms with E-state index in [9.17, 15) is 13.2 Å². The lowest BCUT2D eigenvalue weighted by molar-refractivity contribution is -0.128. The molecule has 0 bridgehead atoms. The summed E-state index contributed by atoms with van der Waals surface area (Å²) in [5, 5.41) is 0.0321. The van der Waals surface area contributed by atoms with Crippen LogP contribution in [0.2, 0.25) is 10.0 Å². The van der Waals surface area contributed by atoms with E-state index in [1.165, 1.54) is 17.0 Å². The average Bonchev–Trinajstić information content (AvgIpc) is 2.41. The molecule has 1 aromatic rings. The van der Waals surface area contributed by atoms with Crippen LogP contribution in [0.15, 0.2) is 17.0 Å². The molecule has 21 heavy (non-hydrogen) atoms. The Kier molecular flexibility index (Phi) is 5.86. The monoisotopic (exact) mass is 353 g/mol. The second-order valence-corrected chi connectivity index (χ2v) is 7.18. The Morgan fingerprint density at radius 2 is 1.86 bits per heavy atom. The number of sulfonamides is 1. The number of likely N-dealkylation sites (N-methyl/N-ethyl adjacent to an activating group) is 2. The molecule has 0 unspecified atom stereocenters. The van der Waals surface area contributed by atoms with E-state index in [1.807, 2.05) is 0 Å². The third-order valence-electron chi connectivity index (χ3n) is 2.87. The fourth-order valence-corrected chi connectivity index (χ4v) is 3.68. The molecule has 0 saturated heterocycles. The zero-order valence-corrected chi connectivity index (χ0v) is 14.3. The van der Waals surface area contributed by atoms with Crippen molar-refractivity contribution in [3.05, 3.63) is 22.2 Å². The zero-order chi connectivity index (χ0) is 16.4. The quantitative estimate of drug-likeness (QED) is 0.816. The Morgan fingerprint density at radius 1 is 1.29 bits per heavy atom. The molecule has 0 aliphatic heterocycles. The number of nitrogens with two attached hydrogens (primary N) is 1. The molecule has 0 heterocycles. The largest absolute Gasteiger partial charge is 0.396 e. The molecule has 1 aromatic carbocycles. The molecule has 0 spiro atoms. The number of nitrogen functional groups attached to an aromatic ring is 1. The van der Waals surface area contributed by atoms with Gasteiger partial charge in [-0.1, -0.05) is 30.1 Å². The molecule has 0 radical (unpaired) electrons. The third kappa shape index (κ3) is 3.79. The molecule has 9 heteroatoms. The highest BCUT2D eigenvalue weighted by atomic mass is 35.5. The SMILES string of the molecule is CCN(CC(=O)N(C)C)S(=O)(=O)c1ccc(Cl)c(N)c1Cl. The van der Waals surface area contributed by atoms with Crippen LogP contribution in [0.4, 0.5) is 5.69 Å². The second-order valence-electron chi connectivity index (χ2n) is 4.49. The van der Waals surface area contributed by atoms with Gasteiger partial charge in [0.2, 0.25) is 15.9 Å². The molecule has 0 saturated carbocycles. The first kappa shape index (κ1) is 18.0. The minimum absolute atomic E-state index is 0.00519. The fraction of sp³-hybridized carbons (Fsp3) is 0.417. The van der Waals surface area contributed by atoms with Gasteiger partial charge in [0.15, 0.2) is 0 Å². The lowest BCUT2D eigenvalue weighted by atomic mass is 10.3. The first-order chi connectivity index (χ1) is 9.62. The van der Waals surface area contributed by atoms with E-state index >= 15 is 0 Å². The van der Waals surface area contributed by atoms with E-state index in [-0.39, 0.29) is 39.6 Å². The van der Waals surface area contributed by atoms with Gasteiger partial charge in [-0.2, -0.15) is 4.31 Å². The summed E-state index contributed by atoms with van der Waals surface area (Å²) < 4.78 is 26.2. The first-order valence-corrected chi connectivity index (χ1v) is 8.26. The lowest BCUT2D eigenvalue weighted by Gasteiger charge is -2.22. The van der Waals surface area contributed by atoms with Crippen LogP contribution in [-0.2, 0) is 14.8 Å². The number of nitrogens with zero attached hydrogens (tertiary/aromatic N) is 2. The van der Waals surface area contributed by atoms with E-state index in [0.717, 1.165) is 4.31 Å². The van der Waals surface area contributed by atoms with Crippen molar-refractivity contribution in [2.24, 2.45) is 0 Å². The molecule has 2 N–H and O–H groups in total. The summed E-state index contributed by atoms with van der Waals surface area (Å²) in [5.41, 5.74) is 5.64. The predicted molar refractivity (Wildman–Crippen MR) is 84.0 cm³/mol. The number of halogens is 2. The highest BCUT2D eigenvalue weighted by molar-refractivity contribution is 7.89. The summed E-state index contributed by atoms with van der Waals surface area (Å²) in [5.74, 6) is -0.335. The van der Waals surface area contributed by atoms with E-state index in [0.29, 0.717) is 0 Å². The smallest absolute Gasteiger partial charge is 0.245 e. The number of rotatable bonds is 5. The molecule has 1 rings (SSSR count). The summed E-state index contributed by atoms with van der Waals surface area (Å²) in [6.07, 6.45) is 0. The van der Waals surface area contributed by atoms with Crippen molar-refractivity contribution in [2.75, 3.05) is 32.9 Å². The first-order valence-electron chi connectivity index (χ1n) is 6.06. The number of benzene rings is 1. The zero-order valence-electron chi connectivity index (χ0n) is 11.9. The summed E-state index contributed by atoms with van der Waals surface area (Å²) in [7, 11) is -0.831. The molecule has 0 aliphatic carbocycles. The van der Waals surface area contributed by atoms with Crippen LogP contribution in [0.1, 0.15) is 6.92 Å². The van der Waals surface area contributed by atoms with E-state index < -0.39 is 10.0 Å². The third-order valence-corrected chi connectivity index (χ3v) is 5.68. The van der Waals surface area contributed by atoms with Crippen LogP contribution in [0.3, 0.4) is 0 Å². The normalized spacial score (nSPS) is 11.7. The van der Waals surface area contributed by atoms with Crippen LogP contribution in [-0.4, -0.2) is 50.7 Å². The molecule has 118 valence electrons. The Bertz CT molecular complexity index is 647. The molecular weight excluding hydrogens is 337 g/mol. The number of anilines is 1. The topological polar surface area (TPSA) is 83.7 Å². The summed E-state index contributed by atoms with van der Waals surface area (Å²) in [6, 6.07) is 2.64. The van der Waals surface area contributed by atoms with Crippen LogP contribution in [0, 0.1) is 0 Å². The van der Waals surface area contributed by atoms with Crippen molar-refractivity contribution >= 4 is 44.8 Å². The number of amides is 1.